The van der Waals surface area contributed by atoms with Crippen molar-refractivity contribution in [3.05, 3.63) is 62.2 Å². The maximum atomic E-state index is 12.5. The number of H-pyrrole nitrogens is 1. The summed E-state index contributed by atoms with van der Waals surface area (Å²) in [5, 5.41) is 3.15. The maximum absolute atomic E-state index is 12.5. The Morgan fingerprint density at radius 3 is 2.88 bits per heavy atom. The Labute approximate surface area is 143 Å². The number of rotatable bonds is 3. The summed E-state index contributed by atoms with van der Waals surface area (Å²) in [4.78, 5) is 30.8. The number of hydrogen-bond acceptors (Lipinski definition) is 6. The molecule has 3 aromatic heterocycles. The van der Waals surface area contributed by atoms with E-state index >= 15 is 0 Å². The molecule has 4 rings (SSSR count). The van der Waals surface area contributed by atoms with Gasteiger partial charge in [0.2, 0.25) is 0 Å². The monoisotopic (exact) mass is 339 g/mol. The molecule has 0 atom stereocenters. The minimum Gasteiger partial charge on any atom is -0.306 e. The lowest BCUT2D eigenvalue weighted by atomic mass is 10.1. The van der Waals surface area contributed by atoms with Gasteiger partial charge in [0.05, 0.1) is 17.8 Å². The predicted molar refractivity (Wildman–Crippen MR) is 92.8 cm³/mol. The van der Waals surface area contributed by atoms with Crippen molar-refractivity contribution in [1.29, 1.82) is 0 Å². The van der Waals surface area contributed by atoms with E-state index < -0.39 is 0 Å². The highest BCUT2D eigenvalue weighted by Gasteiger charge is 2.22. The predicted octanol–water partition coefficient (Wildman–Crippen LogP) is 2.16. The van der Waals surface area contributed by atoms with Gasteiger partial charge < -0.3 is 4.98 Å². The van der Waals surface area contributed by atoms with Crippen molar-refractivity contribution < 1.29 is 0 Å². The molecular weight excluding hydrogens is 322 g/mol. The minimum absolute atomic E-state index is 0.0492. The number of nitrogens with zero attached hydrogens (tertiary/aromatic N) is 4. The molecule has 1 aliphatic heterocycles. The van der Waals surface area contributed by atoms with Gasteiger partial charge in [-0.3, -0.25) is 14.7 Å². The number of thiazole rings is 1. The van der Waals surface area contributed by atoms with Crippen molar-refractivity contribution in [2.45, 2.75) is 26.4 Å². The van der Waals surface area contributed by atoms with Crippen LogP contribution in [0.3, 0.4) is 0 Å². The fourth-order valence-corrected chi connectivity index (χ4v) is 3.74. The van der Waals surface area contributed by atoms with Gasteiger partial charge in [-0.05, 0) is 19.1 Å². The summed E-state index contributed by atoms with van der Waals surface area (Å²) < 4.78 is 0. The molecule has 0 unspecified atom stereocenters. The average Bonchev–Trinajstić information content (AvgIpc) is 3.01. The van der Waals surface area contributed by atoms with Gasteiger partial charge >= 0.3 is 0 Å². The highest BCUT2D eigenvalue weighted by atomic mass is 32.1. The molecule has 0 fully saturated rings. The smallest absolute Gasteiger partial charge is 0.255 e. The summed E-state index contributed by atoms with van der Waals surface area (Å²) in [7, 11) is 0. The second-order valence-electron chi connectivity index (χ2n) is 5.92. The zero-order valence-electron chi connectivity index (χ0n) is 13.3. The Balaban J connectivity index is 1.59. The van der Waals surface area contributed by atoms with Crippen LogP contribution in [0.25, 0.3) is 11.4 Å². The number of aromatic amines is 1. The van der Waals surface area contributed by atoms with Crippen LogP contribution >= 0.6 is 11.3 Å². The van der Waals surface area contributed by atoms with Crippen LogP contribution in [0.4, 0.5) is 0 Å². The molecule has 6 nitrogen and oxygen atoms in total. The molecule has 1 aliphatic rings. The first-order chi connectivity index (χ1) is 11.7. The van der Waals surface area contributed by atoms with Gasteiger partial charge in [0.15, 0.2) is 0 Å². The SMILES string of the molecule is Cc1csc(CN2CCc3nc(-c4ccncc4)[nH]c(=O)c3C2)n1. The molecule has 0 radical (unpaired) electrons. The van der Waals surface area contributed by atoms with E-state index in [0.29, 0.717) is 12.4 Å². The molecule has 0 spiro atoms. The van der Waals surface area contributed by atoms with Gasteiger partial charge in [0.1, 0.15) is 10.8 Å². The minimum atomic E-state index is -0.0492. The van der Waals surface area contributed by atoms with E-state index in [2.05, 4.69) is 30.2 Å². The molecule has 0 amide bonds. The number of pyridine rings is 1. The number of nitrogens with one attached hydrogen (secondary N) is 1. The molecule has 7 heteroatoms. The first-order valence-corrected chi connectivity index (χ1v) is 8.73. The lowest BCUT2D eigenvalue weighted by Gasteiger charge is -2.26. The van der Waals surface area contributed by atoms with Crippen molar-refractivity contribution in [3.8, 4) is 11.4 Å². The van der Waals surface area contributed by atoms with Crippen LogP contribution in [0, 0.1) is 6.92 Å². The zero-order valence-corrected chi connectivity index (χ0v) is 14.1. The number of fused-ring (bicyclic) bond motifs is 1. The first-order valence-electron chi connectivity index (χ1n) is 7.85. The summed E-state index contributed by atoms with van der Waals surface area (Å²) >= 11 is 1.67. The van der Waals surface area contributed by atoms with E-state index in [4.69, 9.17) is 0 Å². The molecule has 0 aromatic carbocycles. The molecule has 0 saturated carbocycles. The molecule has 24 heavy (non-hydrogen) atoms. The van der Waals surface area contributed by atoms with Crippen LogP contribution in [-0.4, -0.2) is 31.4 Å². The van der Waals surface area contributed by atoms with Crippen LogP contribution < -0.4 is 5.56 Å². The normalized spacial score (nSPS) is 14.5. The highest BCUT2D eigenvalue weighted by molar-refractivity contribution is 7.09. The Hall–Kier alpha value is -2.38. The topological polar surface area (TPSA) is 74.8 Å². The number of hydrogen-bond donors (Lipinski definition) is 1. The largest absolute Gasteiger partial charge is 0.306 e. The number of aromatic nitrogens is 4. The summed E-state index contributed by atoms with van der Waals surface area (Å²) in [5.41, 5.74) is 3.55. The van der Waals surface area contributed by atoms with E-state index in [0.717, 1.165) is 47.0 Å². The molecule has 0 aliphatic carbocycles. The molecule has 4 heterocycles. The van der Waals surface area contributed by atoms with Crippen LogP contribution in [0.5, 0.6) is 0 Å². The van der Waals surface area contributed by atoms with Crippen LogP contribution in [-0.2, 0) is 19.5 Å². The third kappa shape index (κ3) is 3.00. The Morgan fingerprint density at radius 1 is 1.29 bits per heavy atom. The third-order valence-corrected chi connectivity index (χ3v) is 5.08. The maximum Gasteiger partial charge on any atom is 0.255 e. The number of aryl methyl sites for hydroxylation is 1. The fourth-order valence-electron chi connectivity index (χ4n) is 2.93. The van der Waals surface area contributed by atoms with Crippen LogP contribution in [0.2, 0.25) is 0 Å². The van der Waals surface area contributed by atoms with E-state index in [-0.39, 0.29) is 5.56 Å². The summed E-state index contributed by atoms with van der Waals surface area (Å²) in [5.74, 6) is 0.616. The Kier molecular flexibility index (Phi) is 3.95. The van der Waals surface area contributed by atoms with Gasteiger partial charge in [0, 0.05) is 48.5 Å². The van der Waals surface area contributed by atoms with Crippen LogP contribution in [0.15, 0.2) is 34.7 Å². The Morgan fingerprint density at radius 2 is 2.12 bits per heavy atom. The van der Waals surface area contributed by atoms with E-state index in [1.807, 2.05) is 19.1 Å². The van der Waals surface area contributed by atoms with Gasteiger partial charge in [0.25, 0.3) is 5.56 Å². The van der Waals surface area contributed by atoms with E-state index in [9.17, 15) is 4.79 Å². The van der Waals surface area contributed by atoms with Crippen molar-refractivity contribution in [3.63, 3.8) is 0 Å². The standard InChI is InChI=1S/C17H17N5OS/c1-11-10-24-15(19-11)9-22-7-4-14-13(8-22)17(23)21-16(20-14)12-2-5-18-6-3-12/h2-3,5-6,10H,4,7-9H2,1H3,(H,20,21,23). The zero-order chi connectivity index (χ0) is 16.5. The molecule has 0 saturated heterocycles. The van der Waals surface area contributed by atoms with Crippen LogP contribution in [0.1, 0.15) is 22.0 Å². The molecular formula is C17H17N5OS. The second-order valence-corrected chi connectivity index (χ2v) is 6.86. The second kappa shape index (κ2) is 6.26. The van der Waals surface area contributed by atoms with E-state index in [1.54, 1.807) is 23.7 Å². The van der Waals surface area contributed by atoms with Crippen molar-refractivity contribution >= 4 is 11.3 Å². The van der Waals surface area contributed by atoms with Gasteiger partial charge in [-0.2, -0.15) is 0 Å². The van der Waals surface area contributed by atoms with Gasteiger partial charge in [-0.1, -0.05) is 0 Å². The molecule has 3 aromatic rings. The fraction of sp³-hybridized carbons (Fsp3) is 0.294. The van der Waals surface area contributed by atoms with Crippen molar-refractivity contribution in [1.82, 2.24) is 24.8 Å². The van der Waals surface area contributed by atoms with Gasteiger partial charge in [-0.15, -0.1) is 11.3 Å². The third-order valence-electron chi connectivity index (χ3n) is 4.13. The van der Waals surface area contributed by atoms with E-state index in [1.165, 1.54) is 0 Å². The summed E-state index contributed by atoms with van der Waals surface area (Å²) in [6.07, 6.45) is 4.18. The van der Waals surface area contributed by atoms with Crippen molar-refractivity contribution in [2.75, 3.05) is 6.54 Å². The molecule has 122 valence electrons. The molecule has 1 N–H and O–H groups in total. The molecule has 0 bridgehead atoms. The quantitative estimate of drug-likeness (QED) is 0.791. The first kappa shape index (κ1) is 15.2. The van der Waals surface area contributed by atoms with Gasteiger partial charge in [-0.25, -0.2) is 9.97 Å². The summed E-state index contributed by atoms with van der Waals surface area (Å²) in [6.45, 7) is 4.29. The Bertz CT molecular complexity index is 918. The highest BCUT2D eigenvalue weighted by Crippen LogP contribution is 2.20. The lowest BCUT2D eigenvalue weighted by molar-refractivity contribution is 0.241. The lowest BCUT2D eigenvalue weighted by Crippen LogP contribution is -2.35. The summed E-state index contributed by atoms with van der Waals surface area (Å²) in [6, 6.07) is 3.70. The van der Waals surface area contributed by atoms with Crippen molar-refractivity contribution in [2.24, 2.45) is 0 Å². The average molecular weight is 339 g/mol.